The Kier molecular flexibility index (Phi) is 7.29. The van der Waals surface area contributed by atoms with Crippen LogP contribution >= 0.6 is 12.4 Å². The molecule has 1 fully saturated rings. The molecule has 130 valence electrons. The first-order valence-corrected chi connectivity index (χ1v) is 8.22. The summed E-state index contributed by atoms with van der Waals surface area (Å²) in [5.74, 6) is 0.242. The van der Waals surface area contributed by atoms with Crippen LogP contribution in [-0.4, -0.2) is 29.3 Å². The fraction of sp³-hybridized carbons (Fsp3) is 0.647. The molecule has 0 aliphatic heterocycles. The third-order valence-corrected chi connectivity index (χ3v) is 4.75. The molecule has 0 aromatic carbocycles. The molecule has 0 spiro atoms. The molecule has 0 radical (unpaired) electrons. The Labute approximate surface area is 144 Å². The van der Waals surface area contributed by atoms with Crippen LogP contribution in [-0.2, 0) is 6.42 Å². The molecule has 1 aromatic rings. The molecule has 2 unspecified atom stereocenters. The summed E-state index contributed by atoms with van der Waals surface area (Å²) in [5.41, 5.74) is 8.61. The molecule has 6 heteroatoms. The van der Waals surface area contributed by atoms with Crippen LogP contribution in [0.25, 0.3) is 0 Å². The minimum absolute atomic E-state index is 0. The topological polar surface area (TPSA) is 88.0 Å². The molecule has 0 bridgehead atoms. The van der Waals surface area contributed by atoms with Crippen LogP contribution in [0.5, 0.6) is 0 Å². The lowest BCUT2D eigenvalue weighted by Gasteiger charge is -2.31. The standard InChI is InChI=1S/C17H27N3O2.ClH/c1-4-13-15(11(3)21)10(2)19-16(13)17(22)20-14-8-6-5-7-12(14)9-18;/h12,14,19H,4-9,18H2,1-3H3,(H,20,22);1H. The van der Waals surface area contributed by atoms with Crippen LogP contribution < -0.4 is 11.1 Å². The molecular weight excluding hydrogens is 314 g/mol. The van der Waals surface area contributed by atoms with Gasteiger partial charge in [0.1, 0.15) is 5.69 Å². The number of carbonyl (C=O) groups excluding carboxylic acids is 2. The van der Waals surface area contributed by atoms with Gasteiger partial charge in [0.2, 0.25) is 0 Å². The van der Waals surface area contributed by atoms with E-state index in [9.17, 15) is 9.59 Å². The summed E-state index contributed by atoms with van der Waals surface area (Å²) in [6.07, 6.45) is 5.03. The highest BCUT2D eigenvalue weighted by atomic mass is 35.5. The lowest BCUT2D eigenvalue weighted by molar-refractivity contribution is 0.0902. The molecule has 0 saturated heterocycles. The van der Waals surface area contributed by atoms with Crippen molar-refractivity contribution in [3.8, 4) is 0 Å². The van der Waals surface area contributed by atoms with Crippen molar-refractivity contribution in [1.82, 2.24) is 10.3 Å². The normalized spacial score (nSPS) is 20.7. The number of nitrogens with two attached hydrogens (primary N) is 1. The molecule has 1 saturated carbocycles. The number of nitrogens with one attached hydrogen (secondary N) is 2. The van der Waals surface area contributed by atoms with Gasteiger partial charge >= 0.3 is 0 Å². The molecule has 2 atom stereocenters. The summed E-state index contributed by atoms with van der Waals surface area (Å²) in [6, 6.07) is 0.139. The van der Waals surface area contributed by atoms with E-state index in [1.807, 2.05) is 13.8 Å². The van der Waals surface area contributed by atoms with Crippen molar-refractivity contribution in [1.29, 1.82) is 0 Å². The second kappa shape index (κ2) is 8.50. The van der Waals surface area contributed by atoms with Crippen molar-refractivity contribution in [3.63, 3.8) is 0 Å². The minimum atomic E-state index is -0.113. The summed E-state index contributed by atoms with van der Waals surface area (Å²) in [7, 11) is 0. The first-order valence-electron chi connectivity index (χ1n) is 8.22. The lowest BCUT2D eigenvalue weighted by atomic mass is 9.84. The number of aromatic nitrogens is 1. The van der Waals surface area contributed by atoms with Crippen molar-refractivity contribution < 1.29 is 9.59 Å². The number of amides is 1. The number of hydrogen-bond acceptors (Lipinski definition) is 3. The SMILES string of the molecule is CCc1c(C(=O)NC2CCCCC2CN)[nH]c(C)c1C(C)=O.Cl. The number of H-pyrrole nitrogens is 1. The van der Waals surface area contributed by atoms with Gasteiger partial charge in [-0.3, -0.25) is 9.59 Å². The number of aromatic amines is 1. The molecular formula is C17H28ClN3O2. The van der Waals surface area contributed by atoms with Crippen molar-refractivity contribution in [2.24, 2.45) is 11.7 Å². The first kappa shape index (κ1) is 19.7. The van der Waals surface area contributed by atoms with Gasteiger partial charge in [0.15, 0.2) is 5.78 Å². The predicted molar refractivity (Wildman–Crippen MR) is 94.4 cm³/mol. The number of hydrogen-bond donors (Lipinski definition) is 3. The van der Waals surface area contributed by atoms with Crippen LogP contribution in [0.4, 0.5) is 0 Å². The fourth-order valence-corrected chi connectivity index (χ4v) is 3.62. The van der Waals surface area contributed by atoms with E-state index < -0.39 is 0 Å². The van der Waals surface area contributed by atoms with E-state index >= 15 is 0 Å². The number of carbonyl (C=O) groups is 2. The van der Waals surface area contributed by atoms with E-state index in [1.165, 1.54) is 6.42 Å². The Bertz CT molecular complexity index is 568. The highest BCUT2D eigenvalue weighted by Crippen LogP contribution is 2.25. The summed E-state index contributed by atoms with van der Waals surface area (Å²) >= 11 is 0. The smallest absolute Gasteiger partial charge is 0.268 e. The number of ketones is 1. The number of rotatable bonds is 5. The summed E-state index contributed by atoms with van der Waals surface area (Å²) in [4.78, 5) is 27.6. The highest BCUT2D eigenvalue weighted by Gasteiger charge is 2.28. The van der Waals surface area contributed by atoms with E-state index in [2.05, 4.69) is 10.3 Å². The van der Waals surface area contributed by atoms with Gasteiger partial charge in [-0.25, -0.2) is 0 Å². The zero-order chi connectivity index (χ0) is 16.3. The van der Waals surface area contributed by atoms with E-state index in [0.29, 0.717) is 30.1 Å². The van der Waals surface area contributed by atoms with Crippen molar-refractivity contribution in [3.05, 3.63) is 22.5 Å². The molecule has 1 aromatic heterocycles. The lowest BCUT2D eigenvalue weighted by Crippen LogP contribution is -2.45. The predicted octanol–water partition coefficient (Wildman–Crippen LogP) is 2.76. The van der Waals surface area contributed by atoms with Gasteiger partial charge in [0.05, 0.1) is 0 Å². The van der Waals surface area contributed by atoms with Crippen molar-refractivity contribution in [2.75, 3.05) is 6.54 Å². The van der Waals surface area contributed by atoms with Crippen molar-refractivity contribution >= 4 is 24.1 Å². The summed E-state index contributed by atoms with van der Waals surface area (Å²) in [6.45, 7) is 5.96. The zero-order valence-corrected chi connectivity index (χ0v) is 15.0. The number of halogens is 1. The fourth-order valence-electron chi connectivity index (χ4n) is 3.62. The van der Waals surface area contributed by atoms with E-state index in [-0.39, 0.29) is 30.1 Å². The third-order valence-electron chi connectivity index (χ3n) is 4.75. The van der Waals surface area contributed by atoms with Crippen LogP contribution in [0.15, 0.2) is 0 Å². The maximum Gasteiger partial charge on any atom is 0.268 e. The molecule has 1 heterocycles. The van der Waals surface area contributed by atoms with Gasteiger partial charge < -0.3 is 16.0 Å². The van der Waals surface area contributed by atoms with E-state index in [1.54, 1.807) is 6.92 Å². The number of Topliss-reactive ketones (excluding diaryl/α,β-unsaturated/α-hetero) is 1. The average Bonchev–Trinajstić information content (AvgIpc) is 2.84. The van der Waals surface area contributed by atoms with Crippen molar-refractivity contribution in [2.45, 2.75) is 58.9 Å². The summed E-state index contributed by atoms with van der Waals surface area (Å²) < 4.78 is 0. The molecule has 23 heavy (non-hydrogen) atoms. The average molecular weight is 342 g/mol. The highest BCUT2D eigenvalue weighted by molar-refractivity contribution is 6.02. The minimum Gasteiger partial charge on any atom is -0.354 e. The maximum atomic E-state index is 12.6. The van der Waals surface area contributed by atoms with Gasteiger partial charge in [-0.1, -0.05) is 19.8 Å². The van der Waals surface area contributed by atoms with E-state index in [4.69, 9.17) is 5.73 Å². The first-order chi connectivity index (χ1) is 10.5. The van der Waals surface area contributed by atoms with E-state index in [0.717, 1.165) is 30.5 Å². The van der Waals surface area contributed by atoms with Crippen LogP contribution in [0.1, 0.15) is 71.6 Å². The maximum absolute atomic E-state index is 12.6. The van der Waals surface area contributed by atoms with Gasteiger partial charge in [-0.15, -0.1) is 12.4 Å². The molecule has 1 amide bonds. The van der Waals surface area contributed by atoms with Crippen LogP contribution in [0.2, 0.25) is 0 Å². The molecule has 2 rings (SSSR count). The van der Waals surface area contributed by atoms with Gasteiger partial charge in [-0.2, -0.15) is 0 Å². The Morgan fingerprint density at radius 3 is 2.52 bits per heavy atom. The van der Waals surface area contributed by atoms with Crippen LogP contribution in [0.3, 0.4) is 0 Å². The molecule has 1 aliphatic rings. The zero-order valence-electron chi connectivity index (χ0n) is 14.2. The van der Waals surface area contributed by atoms with Gasteiger partial charge in [-0.05, 0) is 51.1 Å². The Morgan fingerprint density at radius 2 is 1.96 bits per heavy atom. The quantitative estimate of drug-likeness (QED) is 0.719. The second-order valence-electron chi connectivity index (χ2n) is 6.25. The van der Waals surface area contributed by atoms with Gasteiger partial charge in [0.25, 0.3) is 5.91 Å². The third kappa shape index (κ3) is 4.15. The largest absolute Gasteiger partial charge is 0.354 e. The Balaban J connectivity index is 0.00000264. The molecule has 1 aliphatic carbocycles. The summed E-state index contributed by atoms with van der Waals surface area (Å²) in [5, 5.41) is 3.13. The molecule has 5 nitrogen and oxygen atoms in total. The second-order valence-corrected chi connectivity index (χ2v) is 6.25. The van der Waals surface area contributed by atoms with Crippen LogP contribution in [0, 0.1) is 12.8 Å². The van der Waals surface area contributed by atoms with Gasteiger partial charge in [0, 0.05) is 17.3 Å². The monoisotopic (exact) mass is 341 g/mol. The number of aryl methyl sites for hydroxylation is 1. The Hall–Kier alpha value is -1.33. The molecule has 4 N–H and O–H groups in total. The Morgan fingerprint density at radius 1 is 1.30 bits per heavy atom.